The lowest BCUT2D eigenvalue weighted by Gasteiger charge is -2.34. The van der Waals surface area contributed by atoms with Gasteiger partial charge in [-0.15, -0.1) is 0 Å². The first-order valence-corrected chi connectivity index (χ1v) is 7.63. The lowest BCUT2D eigenvalue weighted by atomic mass is 10.3. The van der Waals surface area contributed by atoms with Gasteiger partial charge in [-0.3, -0.25) is 14.4 Å². The van der Waals surface area contributed by atoms with Gasteiger partial charge in [0, 0.05) is 25.0 Å². The fourth-order valence-corrected chi connectivity index (χ4v) is 3.46. The van der Waals surface area contributed by atoms with Gasteiger partial charge in [0.1, 0.15) is 0 Å². The van der Waals surface area contributed by atoms with Gasteiger partial charge < -0.3 is 4.74 Å². The van der Waals surface area contributed by atoms with E-state index in [1.54, 1.807) is 7.11 Å². The third kappa shape index (κ3) is 3.28. The van der Waals surface area contributed by atoms with Gasteiger partial charge >= 0.3 is 5.96 Å². The minimum atomic E-state index is 0.819. The minimum Gasteiger partial charge on any atom is -0.381 e. The molecule has 0 aliphatic carbocycles. The van der Waals surface area contributed by atoms with Crippen LogP contribution in [0, 0.1) is 0 Å². The number of ether oxygens (including phenoxy) is 1. The number of guanidine groups is 1. The largest absolute Gasteiger partial charge is 0.381 e. The molecule has 0 aromatic heterocycles. The molecule has 0 N–H and O–H groups in total. The van der Waals surface area contributed by atoms with E-state index in [2.05, 4.69) is 33.2 Å². The second kappa shape index (κ2) is 6.50. The van der Waals surface area contributed by atoms with Crippen LogP contribution >= 0.6 is 11.8 Å². The molecule has 0 aromatic carbocycles. The molecule has 2 aliphatic heterocycles. The fourth-order valence-electron chi connectivity index (χ4n) is 2.56. The van der Waals surface area contributed by atoms with Crippen LogP contribution in [0.4, 0.5) is 0 Å². The Morgan fingerprint density at radius 1 is 1.29 bits per heavy atom. The van der Waals surface area contributed by atoms with Gasteiger partial charge in [0.15, 0.2) is 0 Å². The van der Waals surface area contributed by atoms with Crippen LogP contribution < -0.4 is 0 Å². The third-order valence-electron chi connectivity index (χ3n) is 3.41. The molecule has 0 bridgehead atoms. The van der Waals surface area contributed by atoms with Gasteiger partial charge in [-0.1, -0.05) is 0 Å². The Morgan fingerprint density at radius 2 is 2.06 bits per heavy atom. The standard InChI is InChI=1S/C12H24N3OS/c1-13-4-3-5-14(6-9-16-2)12(13)15-7-10-17-11-8-15/h3-11H2,1-2H3/q+1. The Balaban J connectivity index is 2.06. The highest BCUT2D eigenvalue weighted by Crippen LogP contribution is 2.13. The molecule has 0 spiro atoms. The van der Waals surface area contributed by atoms with Gasteiger partial charge in [-0.25, -0.2) is 0 Å². The highest BCUT2D eigenvalue weighted by atomic mass is 32.2. The van der Waals surface area contributed by atoms with E-state index in [0.717, 1.165) is 13.2 Å². The molecule has 0 atom stereocenters. The summed E-state index contributed by atoms with van der Waals surface area (Å²) in [5.74, 6) is 3.94. The van der Waals surface area contributed by atoms with Crippen molar-refractivity contribution in [3.8, 4) is 0 Å². The van der Waals surface area contributed by atoms with E-state index in [0.29, 0.717) is 0 Å². The molecule has 0 aromatic rings. The van der Waals surface area contributed by atoms with Crippen LogP contribution in [0.3, 0.4) is 0 Å². The summed E-state index contributed by atoms with van der Waals surface area (Å²) in [5.41, 5.74) is 0. The zero-order valence-electron chi connectivity index (χ0n) is 11.0. The van der Waals surface area contributed by atoms with E-state index in [1.807, 2.05) is 0 Å². The smallest absolute Gasteiger partial charge is 0.350 e. The van der Waals surface area contributed by atoms with Gasteiger partial charge in [0.05, 0.1) is 46.4 Å². The van der Waals surface area contributed by atoms with Crippen molar-refractivity contribution in [1.82, 2.24) is 9.80 Å². The number of nitrogens with zero attached hydrogens (tertiary/aromatic N) is 3. The van der Waals surface area contributed by atoms with Crippen molar-refractivity contribution in [3.63, 3.8) is 0 Å². The van der Waals surface area contributed by atoms with Crippen molar-refractivity contribution >= 4 is 17.7 Å². The van der Waals surface area contributed by atoms with Crippen LogP contribution in [0.15, 0.2) is 0 Å². The number of methoxy groups -OCH3 is 1. The van der Waals surface area contributed by atoms with Crippen LogP contribution in [0.25, 0.3) is 0 Å². The van der Waals surface area contributed by atoms with E-state index < -0.39 is 0 Å². The fraction of sp³-hybridized carbons (Fsp3) is 0.917. The van der Waals surface area contributed by atoms with Crippen LogP contribution in [0.5, 0.6) is 0 Å². The summed E-state index contributed by atoms with van der Waals surface area (Å²) in [6.45, 7) is 6.57. The molecule has 2 rings (SSSR count). The number of hydrogen-bond acceptors (Lipinski definition) is 4. The second-order valence-corrected chi connectivity index (χ2v) is 5.88. The van der Waals surface area contributed by atoms with Crippen molar-refractivity contribution in [1.29, 1.82) is 0 Å². The summed E-state index contributed by atoms with van der Waals surface area (Å²) < 4.78 is 7.63. The molecule has 17 heavy (non-hydrogen) atoms. The van der Waals surface area contributed by atoms with Crippen LogP contribution in [-0.4, -0.2) is 85.3 Å². The lowest BCUT2D eigenvalue weighted by molar-refractivity contribution is -0.514. The molecule has 1 fully saturated rings. The highest BCUT2D eigenvalue weighted by molar-refractivity contribution is 7.99. The van der Waals surface area contributed by atoms with Crippen LogP contribution in [-0.2, 0) is 4.74 Å². The predicted molar refractivity (Wildman–Crippen MR) is 73.0 cm³/mol. The van der Waals surface area contributed by atoms with E-state index in [9.17, 15) is 0 Å². The Hall–Kier alpha value is -0.420. The van der Waals surface area contributed by atoms with Crippen molar-refractivity contribution < 1.29 is 9.31 Å². The summed E-state index contributed by atoms with van der Waals surface area (Å²) in [6, 6.07) is 0. The summed E-state index contributed by atoms with van der Waals surface area (Å²) in [5, 5.41) is 0. The SMILES string of the molecule is COCCN1CCC[N+](C)=C1N1CCSCC1. The Morgan fingerprint density at radius 3 is 2.76 bits per heavy atom. The minimum absolute atomic E-state index is 0.819. The maximum atomic E-state index is 5.22. The zero-order valence-corrected chi connectivity index (χ0v) is 11.8. The Bertz CT molecular complexity index is 277. The molecule has 1 saturated heterocycles. The molecular formula is C12H24N3OS+. The zero-order chi connectivity index (χ0) is 12.1. The van der Waals surface area contributed by atoms with Crippen molar-refractivity contribution in [2.24, 2.45) is 0 Å². The average molecular weight is 258 g/mol. The maximum Gasteiger partial charge on any atom is 0.350 e. The summed E-state index contributed by atoms with van der Waals surface area (Å²) in [4.78, 5) is 5.04. The molecule has 4 nitrogen and oxygen atoms in total. The first-order chi connectivity index (χ1) is 8.33. The first-order valence-electron chi connectivity index (χ1n) is 6.47. The van der Waals surface area contributed by atoms with Crippen molar-refractivity contribution in [2.75, 3.05) is 65.0 Å². The molecule has 2 aliphatic rings. The normalized spacial score (nSPS) is 22.2. The average Bonchev–Trinajstić information content (AvgIpc) is 2.37. The van der Waals surface area contributed by atoms with E-state index in [1.165, 1.54) is 50.1 Å². The monoisotopic (exact) mass is 258 g/mol. The number of thioether (sulfide) groups is 1. The molecular weight excluding hydrogens is 234 g/mol. The maximum absolute atomic E-state index is 5.22. The van der Waals surface area contributed by atoms with Gasteiger partial charge in [-0.2, -0.15) is 11.8 Å². The molecule has 0 radical (unpaired) electrons. The molecule has 98 valence electrons. The van der Waals surface area contributed by atoms with E-state index in [-0.39, 0.29) is 0 Å². The Kier molecular flexibility index (Phi) is 4.98. The predicted octanol–water partition coefficient (Wildman–Crippen LogP) is 0.386. The first kappa shape index (κ1) is 13.0. The topological polar surface area (TPSA) is 18.7 Å². The van der Waals surface area contributed by atoms with Gasteiger partial charge in [0.25, 0.3) is 0 Å². The van der Waals surface area contributed by atoms with E-state index in [4.69, 9.17) is 4.74 Å². The molecule has 0 saturated carbocycles. The van der Waals surface area contributed by atoms with Crippen molar-refractivity contribution in [2.45, 2.75) is 6.42 Å². The van der Waals surface area contributed by atoms with Gasteiger partial charge in [-0.05, 0) is 0 Å². The number of hydrogen-bond donors (Lipinski definition) is 0. The number of rotatable bonds is 3. The highest BCUT2D eigenvalue weighted by Gasteiger charge is 2.31. The van der Waals surface area contributed by atoms with Crippen molar-refractivity contribution in [3.05, 3.63) is 0 Å². The van der Waals surface area contributed by atoms with E-state index >= 15 is 0 Å². The molecule has 5 heteroatoms. The quantitative estimate of drug-likeness (QED) is 0.681. The Labute approximate surface area is 109 Å². The summed E-state index contributed by atoms with van der Waals surface area (Å²) in [6.07, 6.45) is 1.26. The third-order valence-corrected chi connectivity index (χ3v) is 4.35. The van der Waals surface area contributed by atoms with Crippen LogP contribution in [0.2, 0.25) is 0 Å². The second-order valence-electron chi connectivity index (χ2n) is 4.65. The molecule has 0 amide bonds. The molecule has 2 heterocycles. The van der Waals surface area contributed by atoms with Gasteiger partial charge in [0.2, 0.25) is 0 Å². The summed E-state index contributed by atoms with van der Waals surface area (Å²) >= 11 is 2.07. The molecule has 0 unspecified atom stereocenters. The van der Waals surface area contributed by atoms with Crippen LogP contribution in [0.1, 0.15) is 6.42 Å². The lowest BCUT2D eigenvalue weighted by Crippen LogP contribution is -2.55. The summed E-state index contributed by atoms with van der Waals surface area (Å²) in [7, 11) is 4.00.